The van der Waals surface area contributed by atoms with E-state index in [1.807, 2.05) is 13.8 Å². The first-order valence-electron chi connectivity index (χ1n) is 10.7. The first kappa shape index (κ1) is 23.1. The van der Waals surface area contributed by atoms with Crippen molar-refractivity contribution in [1.29, 1.82) is 0 Å². The van der Waals surface area contributed by atoms with E-state index < -0.39 is 35.1 Å². The van der Waals surface area contributed by atoms with Crippen LogP contribution < -0.4 is 9.64 Å². The minimum Gasteiger partial charge on any atom is -0.507 e. The van der Waals surface area contributed by atoms with Crippen LogP contribution in [0.5, 0.6) is 5.75 Å². The molecule has 0 bridgehead atoms. The second-order valence-electron chi connectivity index (χ2n) is 8.28. The Labute approximate surface area is 195 Å². The van der Waals surface area contributed by atoms with E-state index in [9.17, 15) is 23.5 Å². The quantitative estimate of drug-likeness (QED) is 0.315. The molecule has 0 saturated carbocycles. The number of ether oxygens (including phenoxy) is 1. The number of anilines is 1. The molecule has 4 rings (SSSR count). The lowest BCUT2D eigenvalue weighted by molar-refractivity contribution is -0.132. The van der Waals surface area contributed by atoms with Crippen LogP contribution in [0.25, 0.3) is 5.76 Å². The van der Waals surface area contributed by atoms with Crippen LogP contribution >= 0.6 is 0 Å². The van der Waals surface area contributed by atoms with Gasteiger partial charge in [0.1, 0.15) is 23.1 Å². The highest BCUT2D eigenvalue weighted by atomic mass is 19.1. The van der Waals surface area contributed by atoms with Crippen LogP contribution in [0.2, 0.25) is 0 Å². The lowest BCUT2D eigenvalue weighted by atomic mass is 9.95. The highest BCUT2D eigenvalue weighted by Crippen LogP contribution is 2.43. The van der Waals surface area contributed by atoms with E-state index >= 15 is 0 Å². The maximum atomic E-state index is 14.7. The summed E-state index contributed by atoms with van der Waals surface area (Å²) in [6.07, 6.45) is 2.91. The van der Waals surface area contributed by atoms with E-state index in [1.54, 1.807) is 36.4 Å². The van der Waals surface area contributed by atoms with Crippen molar-refractivity contribution in [3.63, 3.8) is 0 Å². The van der Waals surface area contributed by atoms with Crippen LogP contribution in [0.1, 0.15) is 31.0 Å². The topological polar surface area (TPSA) is 79.7 Å². The highest BCUT2D eigenvalue weighted by Gasteiger charge is 2.47. The van der Waals surface area contributed by atoms with Crippen molar-refractivity contribution in [2.45, 2.75) is 19.9 Å². The molecule has 6 nitrogen and oxygen atoms in total. The molecule has 1 saturated heterocycles. The lowest BCUT2D eigenvalue weighted by Gasteiger charge is -2.25. The molecule has 2 aromatic carbocycles. The molecule has 1 atom stereocenters. The van der Waals surface area contributed by atoms with E-state index in [0.29, 0.717) is 24.0 Å². The number of rotatable bonds is 6. The molecule has 0 radical (unpaired) electrons. The monoisotopic (exact) mass is 464 g/mol. The number of halogens is 2. The van der Waals surface area contributed by atoms with E-state index in [-0.39, 0.29) is 22.7 Å². The van der Waals surface area contributed by atoms with Crippen LogP contribution in [0, 0.1) is 17.6 Å². The van der Waals surface area contributed by atoms with Gasteiger partial charge in [-0.15, -0.1) is 0 Å². The van der Waals surface area contributed by atoms with Crippen molar-refractivity contribution in [3.05, 3.63) is 95.3 Å². The van der Waals surface area contributed by atoms with Crippen molar-refractivity contribution < 1.29 is 28.2 Å². The van der Waals surface area contributed by atoms with Crippen LogP contribution in [0.4, 0.5) is 14.5 Å². The molecule has 1 aliphatic rings. The molecule has 1 amide bonds. The molecular weight excluding hydrogens is 442 g/mol. The summed E-state index contributed by atoms with van der Waals surface area (Å²) in [5, 5.41) is 11.2. The number of benzene rings is 2. The predicted molar refractivity (Wildman–Crippen MR) is 122 cm³/mol. The Kier molecular flexibility index (Phi) is 6.40. The molecule has 3 aromatic rings. The van der Waals surface area contributed by atoms with Gasteiger partial charge in [-0.3, -0.25) is 19.5 Å². The third-order valence-electron chi connectivity index (χ3n) is 5.33. The molecule has 1 aliphatic heterocycles. The summed E-state index contributed by atoms with van der Waals surface area (Å²) in [5.74, 6) is -3.53. The van der Waals surface area contributed by atoms with Gasteiger partial charge in [-0.05, 0) is 47.9 Å². The first-order valence-corrected chi connectivity index (χ1v) is 10.7. The number of hydrogen-bond acceptors (Lipinski definition) is 5. The number of Topliss-reactive ketones (excluding diaryl/α,β-unsaturated/α-hetero) is 1. The summed E-state index contributed by atoms with van der Waals surface area (Å²) in [6.45, 7) is 4.44. The van der Waals surface area contributed by atoms with Gasteiger partial charge in [0.25, 0.3) is 11.7 Å². The van der Waals surface area contributed by atoms with Crippen molar-refractivity contribution >= 4 is 23.1 Å². The SMILES string of the molecule is CC(C)COc1cccc(/C(O)=C2\C(=O)C(=O)N(c3ccc(F)cc3F)C2c2ccncc2)c1. The zero-order valence-electron chi connectivity index (χ0n) is 18.5. The number of aromatic nitrogens is 1. The van der Waals surface area contributed by atoms with Crippen LogP contribution in [0.3, 0.4) is 0 Å². The van der Waals surface area contributed by atoms with Gasteiger partial charge in [-0.25, -0.2) is 8.78 Å². The van der Waals surface area contributed by atoms with E-state index in [1.165, 1.54) is 12.4 Å². The minimum absolute atomic E-state index is 0.221. The first-order chi connectivity index (χ1) is 16.3. The maximum Gasteiger partial charge on any atom is 0.300 e. The minimum atomic E-state index is -1.15. The smallest absolute Gasteiger partial charge is 0.300 e. The summed E-state index contributed by atoms with van der Waals surface area (Å²) in [5.41, 5.74) is 0.184. The number of aliphatic hydroxyl groups excluding tert-OH is 1. The van der Waals surface area contributed by atoms with Gasteiger partial charge in [0.2, 0.25) is 0 Å². The molecular formula is C26H22F2N2O4. The van der Waals surface area contributed by atoms with Gasteiger partial charge in [0, 0.05) is 24.0 Å². The Morgan fingerprint density at radius 1 is 1.09 bits per heavy atom. The normalized spacial score (nSPS) is 17.4. The second-order valence-corrected chi connectivity index (χ2v) is 8.28. The molecule has 8 heteroatoms. The van der Waals surface area contributed by atoms with Crippen LogP contribution in [-0.4, -0.2) is 28.4 Å². The molecule has 0 aliphatic carbocycles. The van der Waals surface area contributed by atoms with Crippen LogP contribution in [0.15, 0.2) is 72.6 Å². The van der Waals surface area contributed by atoms with Gasteiger partial charge in [0.15, 0.2) is 0 Å². The Hall–Kier alpha value is -4.07. The van der Waals surface area contributed by atoms with Crippen LogP contribution in [-0.2, 0) is 9.59 Å². The van der Waals surface area contributed by atoms with Crippen molar-refractivity contribution in [2.75, 3.05) is 11.5 Å². The average Bonchev–Trinajstić information content (AvgIpc) is 3.08. The van der Waals surface area contributed by atoms with E-state index in [4.69, 9.17) is 4.74 Å². The fourth-order valence-corrected chi connectivity index (χ4v) is 3.77. The summed E-state index contributed by atoms with van der Waals surface area (Å²) in [7, 11) is 0. The fourth-order valence-electron chi connectivity index (χ4n) is 3.77. The number of carbonyl (C=O) groups is 2. The Balaban J connectivity index is 1.87. The van der Waals surface area contributed by atoms with Gasteiger partial charge in [0.05, 0.1) is 23.9 Å². The molecule has 0 spiro atoms. The standard InChI is InChI=1S/C26H22F2N2O4/c1-15(2)14-34-19-5-3-4-17(12-19)24(31)22-23(16-8-10-29-11-9-16)30(26(33)25(22)32)21-7-6-18(27)13-20(21)28/h3-13,15,23,31H,14H2,1-2H3/b24-22+. The zero-order valence-corrected chi connectivity index (χ0v) is 18.5. The molecule has 2 heterocycles. The average molecular weight is 464 g/mol. The fraction of sp³-hybridized carbons (Fsp3) is 0.192. The molecule has 1 fully saturated rings. The van der Waals surface area contributed by atoms with Gasteiger partial charge >= 0.3 is 0 Å². The van der Waals surface area contributed by atoms with Crippen molar-refractivity contribution in [3.8, 4) is 5.75 Å². The highest BCUT2D eigenvalue weighted by molar-refractivity contribution is 6.51. The molecule has 34 heavy (non-hydrogen) atoms. The lowest BCUT2D eigenvalue weighted by Crippen LogP contribution is -2.30. The second kappa shape index (κ2) is 9.43. The molecule has 174 valence electrons. The number of carbonyl (C=O) groups excluding carboxylic acids is 2. The van der Waals surface area contributed by atoms with E-state index in [2.05, 4.69) is 4.98 Å². The molecule has 1 unspecified atom stereocenters. The van der Waals surface area contributed by atoms with Gasteiger partial charge in [-0.1, -0.05) is 26.0 Å². The number of hydrogen-bond donors (Lipinski definition) is 1. The third kappa shape index (κ3) is 4.39. The predicted octanol–water partition coefficient (Wildman–Crippen LogP) is 5.02. The largest absolute Gasteiger partial charge is 0.507 e. The summed E-state index contributed by atoms with van der Waals surface area (Å²) >= 11 is 0. The number of nitrogens with zero attached hydrogens (tertiary/aromatic N) is 2. The number of aliphatic hydroxyl groups is 1. The summed E-state index contributed by atoms with van der Waals surface area (Å²) < 4.78 is 33.9. The van der Waals surface area contributed by atoms with Gasteiger partial charge < -0.3 is 9.84 Å². The number of ketones is 1. The molecule has 1 N–H and O–H groups in total. The van der Waals surface area contributed by atoms with Crippen molar-refractivity contribution in [1.82, 2.24) is 4.98 Å². The summed E-state index contributed by atoms with van der Waals surface area (Å²) in [6, 6.07) is 11.2. The number of pyridine rings is 1. The number of amides is 1. The Bertz CT molecular complexity index is 1270. The Morgan fingerprint density at radius 2 is 1.82 bits per heavy atom. The van der Waals surface area contributed by atoms with Gasteiger partial charge in [-0.2, -0.15) is 0 Å². The third-order valence-corrected chi connectivity index (χ3v) is 5.33. The Morgan fingerprint density at radius 3 is 2.50 bits per heavy atom. The van der Waals surface area contributed by atoms with Crippen molar-refractivity contribution in [2.24, 2.45) is 5.92 Å². The van der Waals surface area contributed by atoms with E-state index in [0.717, 1.165) is 17.0 Å². The molecule has 1 aromatic heterocycles. The maximum absolute atomic E-state index is 14.7. The summed E-state index contributed by atoms with van der Waals surface area (Å²) in [4.78, 5) is 31.0. The zero-order chi connectivity index (χ0) is 24.4.